The SMILES string of the molecule is O=C(NCCCN1CCC(F)CC1)c1ccc2c(c1)sc1nc(Br)cn12. The standard InChI is InChI=1S/C18H20BrFN4OS/c19-16-11-24-14-3-2-12(10-15(14)26-18(24)22-16)17(25)21-6-1-7-23-8-4-13(20)5-9-23/h2-3,10-11,13H,1,4-9H2,(H,21,25). The molecule has 8 heteroatoms. The Morgan fingerprint density at radius 2 is 2.19 bits per heavy atom. The van der Waals surface area contributed by atoms with Gasteiger partial charge in [0.25, 0.3) is 5.91 Å². The van der Waals surface area contributed by atoms with Crippen LogP contribution in [-0.4, -0.2) is 52.5 Å². The van der Waals surface area contributed by atoms with E-state index in [9.17, 15) is 9.18 Å². The monoisotopic (exact) mass is 438 g/mol. The number of hydrogen-bond donors (Lipinski definition) is 1. The van der Waals surface area contributed by atoms with E-state index in [1.54, 1.807) is 11.3 Å². The van der Waals surface area contributed by atoms with Gasteiger partial charge in [0.05, 0.1) is 10.2 Å². The molecule has 3 heterocycles. The molecule has 0 unspecified atom stereocenters. The van der Waals surface area contributed by atoms with Gasteiger partial charge in [-0.15, -0.1) is 0 Å². The predicted octanol–water partition coefficient (Wildman–Crippen LogP) is 3.87. The van der Waals surface area contributed by atoms with Gasteiger partial charge in [0.1, 0.15) is 10.8 Å². The van der Waals surface area contributed by atoms with Crippen molar-refractivity contribution in [2.45, 2.75) is 25.4 Å². The first-order valence-corrected chi connectivity index (χ1v) is 10.4. The molecule has 1 fully saturated rings. The fraction of sp³-hybridized carbons (Fsp3) is 0.444. The van der Waals surface area contributed by atoms with Gasteiger partial charge in [0, 0.05) is 31.4 Å². The van der Waals surface area contributed by atoms with Crippen molar-refractivity contribution in [1.82, 2.24) is 19.6 Å². The second-order valence-electron chi connectivity index (χ2n) is 6.63. The largest absolute Gasteiger partial charge is 0.352 e. The number of likely N-dealkylation sites (tertiary alicyclic amines) is 1. The van der Waals surface area contributed by atoms with E-state index in [4.69, 9.17) is 0 Å². The first-order valence-electron chi connectivity index (χ1n) is 8.82. The fourth-order valence-electron chi connectivity index (χ4n) is 3.35. The van der Waals surface area contributed by atoms with Gasteiger partial charge in [0.2, 0.25) is 0 Å². The van der Waals surface area contributed by atoms with Crippen molar-refractivity contribution in [3.63, 3.8) is 0 Å². The van der Waals surface area contributed by atoms with E-state index in [1.165, 1.54) is 0 Å². The molecule has 1 aliphatic rings. The highest BCUT2D eigenvalue weighted by atomic mass is 79.9. The lowest BCUT2D eigenvalue weighted by atomic mass is 10.1. The molecule has 1 aromatic carbocycles. The maximum absolute atomic E-state index is 13.1. The molecule has 1 saturated heterocycles. The van der Waals surface area contributed by atoms with Crippen molar-refractivity contribution in [1.29, 1.82) is 0 Å². The average Bonchev–Trinajstić information content (AvgIpc) is 3.15. The number of piperidine rings is 1. The maximum atomic E-state index is 13.1. The predicted molar refractivity (Wildman–Crippen MR) is 106 cm³/mol. The van der Waals surface area contributed by atoms with E-state index in [1.807, 2.05) is 28.8 Å². The number of nitrogens with zero attached hydrogens (tertiary/aromatic N) is 3. The number of imidazole rings is 1. The minimum atomic E-state index is -0.637. The Bertz CT molecular complexity index is 932. The number of aromatic nitrogens is 2. The van der Waals surface area contributed by atoms with Gasteiger partial charge in [-0.25, -0.2) is 9.37 Å². The zero-order chi connectivity index (χ0) is 18.1. The van der Waals surface area contributed by atoms with Crippen molar-refractivity contribution in [3.8, 4) is 0 Å². The number of benzene rings is 1. The minimum Gasteiger partial charge on any atom is -0.352 e. The lowest BCUT2D eigenvalue weighted by Gasteiger charge is -2.28. The van der Waals surface area contributed by atoms with E-state index in [-0.39, 0.29) is 5.91 Å². The molecule has 0 atom stereocenters. The first kappa shape index (κ1) is 17.9. The van der Waals surface area contributed by atoms with Gasteiger partial charge in [-0.3, -0.25) is 9.20 Å². The summed E-state index contributed by atoms with van der Waals surface area (Å²) in [5, 5.41) is 2.98. The Morgan fingerprint density at radius 3 is 3.00 bits per heavy atom. The summed E-state index contributed by atoms with van der Waals surface area (Å²) in [4.78, 5) is 20.0. The summed E-state index contributed by atoms with van der Waals surface area (Å²) >= 11 is 4.95. The average molecular weight is 439 g/mol. The Labute approximate surface area is 163 Å². The van der Waals surface area contributed by atoms with E-state index < -0.39 is 6.17 Å². The van der Waals surface area contributed by atoms with Crippen LogP contribution in [0.25, 0.3) is 15.2 Å². The number of carbonyl (C=O) groups is 1. The molecule has 0 aliphatic carbocycles. The number of hydrogen-bond acceptors (Lipinski definition) is 4. The first-order chi connectivity index (χ1) is 12.6. The lowest BCUT2D eigenvalue weighted by molar-refractivity contribution is 0.0950. The Kier molecular flexibility index (Phi) is 5.24. The molecule has 0 radical (unpaired) electrons. The zero-order valence-corrected chi connectivity index (χ0v) is 16.7. The minimum absolute atomic E-state index is 0.0541. The molecule has 5 nitrogen and oxygen atoms in total. The molecular weight excluding hydrogens is 419 g/mol. The Morgan fingerprint density at radius 1 is 1.38 bits per heavy atom. The van der Waals surface area contributed by atoms with Crippen molar-refractivity contribution >= 4 is 48.4 Å². The van der Waals surface area contributed by atoms with Crippen molar-refractivity contribution < 1.29 is 9.18 Å². The van der Waals surface area contributed by atoms with Gasteiger partial charge in [-0.1, -0.05) is 11.3 Å². The van der Waals surface area contributed by atoms with Gasteiger partial charge in [-0.05, 0) is 59.9 Å². The highest BCUT2D eigenvalue weighted by Crippen LogP contribution is 2.28. The van der Waals surface area contributed by atoms with Crippen LogP contribution < -0.4 is 5.32 Å². The molecular formula is C18H20BrFN4OS. The summed E-state index contributed by atoms with van der Waals surface area (Å²) in [5.74, 6) is -0.0541. The summed E-state index contributed by atoms with van der Waals surface area (Å²) in [5.41, 5.74) is 1.72. The molecule has 26 heavy (non-hydrogen) atoms. The van der Waals surface area contributed by atoms with Crippen LogP contribution in [0.2, 0.25) is 0 Å². The van der Waals surface area contributed by atoms with Crippen LogP contribution in [0.15, 0.2) is 29.0 Å². The normalized spacial score (nSPS) is 16.5. The number of nitrogens with one attached hydrogen (secondary N) is 1. The quantitative estimate of drug-likeness (QED) is 0.615. The van der Waals surface area contributed by atoms with Gasteiger partial charge in [-0.2, -0.15) is 0 Å². The third-order valence-corrected chi connectivity index (χ3v) is 6.18. The van der Waals surface area contributed by atoms with Crippen LogP contribution in [0.3, 0.4) is 0 Å². The van der Waals surface area contributed by atoms with Gasteiger partial charge >= 0.3 is 0 Å². The number of halogens is 2. The molecule has 2 aromatic heterocycles. The van der Waals surface area contributed by atoms with E-state index in [0.29, 0.717) is 24.9 Å². The summed E-state index contributed by atoms with van der Waals surface area (Å²) in [6.07, 6.45) is 3.44. The number of fused-ring (bicyclic) bond motifs is 3. The van der Waals surface area contributed by atoms with E-state index in [0.717, 1.165) is 45.8 Å². The number of carbonyl (C=O) groups excluding carboxylic acids is 1. The summed E-state index contributed by atoms with van der Waals surface area (Å²) in [6, 6.07) is 5.73. The van der Waals surface area contributed by atoms with Gasteiger partial charge < -0.3 is 10.2 Å². The second-order valence-corrected chi connectivity index (χ2v) is 8.45. The van der Waals surface area contributed by atoms with Crippen LogP contribution in [-0.2, 0) is 0 Å². The topological polar surface area (TPSA) is 49.6 Å². The smallest absolute Gasteiger partial charge is 0.251 e. The number of amides is 1. The second kappa shape index (κ2) is 7.62. The number of alkyl halides is 1. The van der Waals surface area contributed by atoms with Crippen LogP contribution in [0.4, 0.5) is 4.39 Å². The molecule has 0 spiro atoms. The number of rotatable bonds is 5. The Hall–Kier alpha value is -1.51. The van der Waals surface area contributed by atoms with Crippen molar-refractivity contribution in [2.75, 3.05) is 26.2 Å². The molecule has 1 aliphatic heterocycles. The Balaban J connectivity index is 1.33. The third-order valence-electron chi connectivity index (χ3n) is 4.78. The van der Waals surface area contributed by atoms with Crippen LogP contribution in [0.5, 0.6) is 0 Å². The molecule has 1 amide bonds. The van der Waals surface area contributed by atoms with E-state index in [2.05, 4.69) is 31.1 Å². The summed E-state index contributed by atoms with van der Waals surface area (Å²) in [7, 11) is 0. The third kappa shape index (κ3) is 3.77. The molecule has 1 N–H and O–H groups in total. The van der Waals surface area contributed by atoms with E-state index >= 15 is 0 Å². The summed E-state index contributed by atoms with van der Waals surface area (Å²) in [6.45, 7) is 3.18. The van der Waals surface area contributed by atoms with Crippen molar-refractivity contribution in [3.05, 3.63) is 34.6 Å². The van der Waals surface area contributed by atoms with Crippen molar-refractivity contribution in [2.24, 2.45) is 0 Å². The molecule has 138 valence electrons. The van der Waals surface area contributed by atoms with Crippen LogP contribution >= 0.6 is 27.3 Å². The van der Waals surface area contributed by atoms with Crippen LogP contribution in [0, 0.1) is 0 Å². The molecule has 0 bridgehead atoms. The maximum Gasteiger partial charge on any atom is 0.251 e. The highest BCUT2D eigenvalue weighted by molar-refractivity contribution is 9.10. The molecule has 0 saturated carbocycles. The molecule has 3 aromatic rings. The highest BCUT2D eigenvalue weighted by Gasteiger charge is 2.17. The zero-order valence-electron chi connectivity index (χ0n) is 14.3. The summed E-state index contributed by atoms with van der Waals surface area (Å²) < 4.78 is 17.0. The van der Waals surface area contributed by atoms with Crippen LogP contribution in [0.1, 0.15) is 29.6 Å². The lowest BCUT2D eigenvalue weighted by Crippen LogP contribution is -2.36. The number of thiazole rings is 1. The van der Waals surface area contributed by atoms with Gasteiger partial charge in [0.15, 0.2) is 4.96 Å². The fourth-order valence-corrected chi connectivity index (χ4v) is 4.88. The molecule has 4 rings (SSSR count).